The molecular formula is C23H22N2O. The molecule has 0 aromatic heterocycles. The second-order valence-electron chi connectivity index (χ2n) is 6.51. The summed E-state index contributed by atoms with van der Waals surface area (Å²) < 4.78 is 0. The van der Waals surface area contributed by atoms with Crippen LogP contribution in [0, 0.1) is 0 Å². The summed E-state index contributed by atoms with van der Waals surface area (Å²) in [6, 6.07) is 30.7. The molecule has 1 aliphatic rings. The largest absolute Gasteiger partial charge is 0.394 e. The van der Waals surface area contributed by atoms with Gasteiger partial charge in [-0.3, -0.25) is 9.89 Å². The molecule has 0 saturated heterocycles. The molecule has 0 amide bonds. The van der Waals surface area contributed by atoms with Crippen molar-refractivity contribution < 1.29 is 5.11 Å². The fraction of sp³-hybridized carbons (Fsp3) is 0.174. The van der Waals surface area contributed by atoms with Crippen LogP contribution in [0.3, 0.4) is 0 Å². The van der Waals surface area contributed by atoms with Gasteiger partial charge >= 0.3 is 0 Å². The van der Waals surface area contributed by atoms with Crippen LogP contribution in [0.2, 0.25) is 0 Å². The summed E-state index contributed by atoms with van der Waals surface area (Å²) >= 11 is 0. The Bertz CT molecular complexity index is 862. The van der Waals surface area contributed by atoms with E-state index in [1.54, 1.807) is 0 Å². The molecule has 0 bridgehead atoms. The first-order chi connectivity index (χ1) is 12.9. The van der Waals surface area contributed by atoms with Crippen molar-refractivity contribution in [3.05, 3.63) is 108 Å². The molecule has 2 atom stereocenters. The quantitative estimate of drug-likeness (QED) is 0.753. The maximum absolute atomic E-state index is 10.2. The van der Waals surface area contributed by atoms with Gasteiger partial charge in [0.05, 0.1) is 18.4 Å². The van der Waals surface area contributed by atoms with Crippen molar-refractivity contribution in [2.24, 2.45) is 4.99 Å². The van der Waals surface area contributed by atoms with Crippen LogP contribution in [0.1, 0.15) is 28.9 Å². The molecule has 3 aromatic rings. The van der Waals surface area contributed by atoms with Gasteiger partial charge in [-0.15, -0.1) is 0 Å². The Kier molecular flexibility index (Phi) is 4.91. The fourth-order valence-corrected chi connectivity index (χ4v) is 3.57. The van der Waals surface area contributed by atoms with Crippen LogP contribution in [0.15, 0.2) is 96.0 Å². The lowest BCUT2D eigenvalue weighted by Gasteiger charge is -2.31. The number of aliphatic hydroxyl groups excluding tert-OH is 1. The first-order valence-corrected chi connectivity index (χ1v) is 8.95. The number of hydrogen-bond acceptors (Lipinski definition) is 3. The van der Waals surface area contributed by atoms with E-state index < -0.39 is 0 Å². The molecule has 3 nitrogen and oxygen atoms in total. The third kappa shape index (κ3) is 3.32. The zero-order valence-corrected chi connectivity index (χ0v) is 14.6. The molecule has 26 heavy (non-hydrogen) atoms. The summed E-state index contributed by atoms with van der Waals surface area (Å²) in [7, 11) is 0. The number of aliphatic hydroxyl groups is 1. The van der Waals surface area contributed by atoms with Gasteiger partial charge in [-0.2, -0.15) is 0 Å². The Morgan fingerprint density at radius 3 is 2.04 bits per heavy atom. The summed E-state index contributed by atoms with van der Waals surface area (Å²) in [4.78, 5) is 7.32. The van der Waals surface area contributed by atoms with Gasteiger partial charge in [0.2, 0.25) is 0 Å². The summed E-state index contributed by atoms with van der Waals surface area (Å²) in [6.07, 6.45) is -0.0937. The van der Waals surface area contributed by atoms with Crippen molar-refractivity contribution >= 4 is 5.71 Å². The second-order valence-corrected chi connectivity index (χ2v) is 6.51. The average Bonchev–Trinajstić information content (AvgIpc) is 3.16. The molecule has 1 heterocycles. The Balaban J connectivity index is 1.73. The van der Waals surface area contributed by atoms with Crippen molar-refractivity contribution in [3.63, 3.8) is 0 Å². The SMILES string of the molecule is OC[C@@H](c1ccccc1)N1CC(c2ccccc2)=N[C@@H]1c1ccccc1. The molecule has 0 saturated carbocycles. The molecular weight excluding hydrogens is 320 g/mol. The third-order valence-electron chi connectivity index (χ3n) is 4.89. The van der Waals surface area contributed by atoms with Gasteiger partial charge in [-0.05, 0) is 16.7 Å². The van der Waals surface area contributed by atoms with Crippen LogP contribution in [0.25, 0.3) is 0 Å². The topological polar surface area (TPSA) is 35.8 Å². The van der Waals surface area contributed by atoms with Crippen LogP contribution >= 0.6 is 0 Å². The van der Waals surface area contributed by atoms with Crippen molar-refractivity contribution in [2.75, 3.05) is 13.2 Å². The zero-order valence-electron chi connectivity index (χ0n) is 14.6. The van der Waals surface area contributed by atoms with E-state index in [0.29, 0.717) is 6.54 Å². The number of aliphatic imine (C=N–C) groups is 1. The van der Waals surface area contributed by atoms with E-state index in [0.717, 1.165) is 22.4 Å². The van der Waals surface area contributed by atoms with Gasteiger partial charge < -0.3 is 5.11 Å². The molecule has 4 rings (SSSR count). The highest BCUT2D eigenvalue weighted by Crippen LogP contribution is 2.36. The summed E-state index contributed by atoms with van der Waals surface area (Å²) in [5.41, 5.74) is 4.46. The zero-order chi connectivity index (χ0) is 17.8. The predicted molar refractivity (Wildman–Crippen MR) is 105 cm³/mol. The highest BCUT2D eigenvalue weighted by Gasteiger charge is 2.34. The van der Waals surface area contributed by atoms with Gasteiger partial charge in [-0.25, -0.2) is 0 Å². The van der Waals surface area contributed by atoms with Crippen LogP contribution < -0.4 is 0 Å². The van der Waals surface area contributed by atoms with Gasteiger partial charge in [0.15, 0.2) is 0 Å². The van der Waals surface area contributed by atoms with E-state index in [1.807, 2.05) is 54.6 Å². The van der Waals surface area contributed by atoms with E-state index in [4.69, 9.17) is 4.99 Å². The van der Waals surface area contributed by atoms with Gasteiger partial charge in [0, 0.05) is 6.54 Å². The molecule has 0 aliphatic carbocycles. The maximum atomic E-state index is 10.2. The van der Waals surface area contributed by atoms with Gasteiger partial charge in [0.1, 0.15) is 6.17 Å². The smallest absolute Gasteiger partial charge is 0.129 e. The molecule has 1 aliphatic heterocycles. The molecule has 0 spiro atoms. The van der Waals surface area contributed by atoms with E-state index >= 15 is 0 Å². The predicted octanol–water partition coefficient (Wildman–Crippen LogP) is 4.22. The Labute approximate surface area is 154 Å². The molecule has 3 heteroatoms. The maximum Gasteiger partial charge on any atom is 0.129 e. The molecule has 3 aromatic carbocycles. The first kappa shape index (κ1) is 16.7. The van der Waals surface area contributed by atoms with E-state index in [-0.39, 0.29) is 18.8 Å². The Morgan fingerprint density at radius 1 is 0.846 bits per heavy atom. The average molecular weight is 342 g/mol. The lowest BCUT2D eigenvalue weighted by molar-refractivity contribution is 0.111. The molecule has 130 valence electrons. The second kappa shape index (κ2) is 7.65. The molecule has 1 N–H and O–H groups in total. The highest BCUT2D eigenvalue weighted by molar-refractivity contribution is 6.03. The summed E-state index contributed by atoms with van der Waals surface area (Å²) in [5.74, 6) is 0. The Hall–Kier alpha value is -2.75. The minimum atomic E-state index is -0.0937. The number of rotatable bonds is 5. The Morgan fingerprint density at radius 2 is 1.42 bits per heavy atom. The van der Waals surface area contributed by atoms with Crippen LogP contribution in [-0.2, 0) is 0 Å². The minimum absolute atomic E-state index is 0.0605. The van der Waals surface area contributed by atoms with Gasteiger partial charge in [-0.1, -0.05) is 91.0 Å². The summed E-state index contributed by atoms with van der Waals surface area (Å²) in [5, 5.41) is 10.2. The normalized spacial score (nSPS) is 18.5. The lowest BCUT2D eigenvalue weighted by atomic mass is 10.0. The molecule has 0 radical (unpaired) electrons. The van der Waals surface area contributed by atoms with Crippen LogP contribution in [-0.4, -0.2) is 28.9 Å². The molecule has 0 fully saturated rings. The van der Waals surface area contributed by atoms with E-state index in [2.05, 4.69) is 41.3 Å². The number of hydrogen-bond donors (Lipinski definition) is 1. The standard InChI is InChI=1S/C23H22N2O/c26-17-22(19-12-6-2-7-13-19)25-16-21(18-10-4-1-5-11-18)24-23(25)20-14-8-3-9-15-20/h1-15,22-23,26H,16-17H2/t22-,23-/m0/s1. The van der Waals surface area contributed by atoms with Crippen molar-refractivity contribution in [2.45, 2.75) is 12.2 Å². The fourth-order valence-electron chi connectivity index (χ4n) is 3.57. The highest BCUT2D eigenvalue weighted by atomic mass is 16.3. The van der Waals surface area contributed by atoms with Crippen molar-refractivity contribution in [3.8, 4) is 0 Å². The molecule has 0 unspecified atom stereocenters. The number of benzene rings is 3. The van der Waals surface area contributed by atoms with Gasteiger partial charge in [0.25, 0.3) is 0 Å². The van der Waals surface area contributed by atoms with E-state index in [9.17, 15) is 5.11 Å². The van der Waals surface area contributed by atoms with E-state index in [1.165, 1.54) is 0 Å². The first-order valence-electron chi connectivity index (χ1n) is 8.95. The van der Waals surface area contributed by atoms with Crippen LogP contribution in [0.4, 0.5) is 0 Å². The lowest BCUT2D eigenvalue weighted by Crippen LogP contribution is -2.33. The third-order valence-corrected chi connectivity index (χ3v) is 4.89. The van der Waals surface area contributed by atoms with Crippen LogP contribution in [0.5, 0.6) is 0 Å². The van der Waals surface area contributed by atoms with Crippen molar-refractivity contribution in [1.82, 2.24) is 4.90 Å². The minimum Gasteiger partial charge on any atom is -0.394 e. The monoisotopic (exact) mass is 342 g/mol. The summed E-state index contributed by atoms with van der Waals surface area (Å²) in [6.45, 7) is 0.772. The van der Waals surface area contributed by atoms with Crippen molar-refractivity contribution in [1.29, 1.82) is 0 Å². The number of nitrogens with zero attached hydrogens (tertiary/aromatic N) is 2.